The zero-order valence-electron chi connectivity index (χ0n) is 22.2. The predicted molar refractivity (Wildman–Crippen MR) is 152 cm³/mol. The summed E-state index contributed by atoms with van der Waals surface area (Å²) < 4.78 is 47.5. The van der Waals surface area contributed by atoms with Crippen molar-refractivity contribution in [2.45, 2.75) is 38.5 Å². The number of aromatic nitrogens is 1. The van der Waals surface area contributed by atoms with Crippen molar-refractivity contribution >= 4 is 16.9 Å². The molecule has 0 aliphatic heterocycles. The van der Waals surface area contributed by atoms with Gasteiger partial charge in [-0.15, -0.1) is 0 Å². The molecule has 1 heterocycles. The van der Waals surface area contributed by atoms with Crippen molar-refractivity contribution in [3.63, 3.8) is 0 Å². The van der Waals surface area contributed by atoms with E-state index < -0.39 is 17.7 Å². The number of aryl methyl sites for hydroxylation is 1. The number of nitrogens with zero attached hydrogens (tertiary/aromatic N) is 1. The molecule has 0 amide bonds. The summed E-state index contributed by atoms with van der Waals surface area (Å²) in [4.78, 5) is 15.2. The van der Waals surface area contributed by atoms with Crippen LogP contribution in [0, 0.1) is 0 Å². The van der Waals surface area contributed by atoms with Gasteiger partial charge in [0.1, 0.15) is 12.4 Å². The summed E-state index contributed by atoms with van der Waals surface area (Å²) in [5, 5.41) is 9.43. The lowest BCUT2D eigenvalue weighted by atomic mass is 9.92. The molecule has 0 saturated carbocycles. The molecule has 0 radical (unpaired) electrons. The minimum absolute atomic E-state index is 0.0537. The number of pyridine rings is 1. The van der Waals surface area contributed by atoms with Crippen molar-refractivity contribution in [2.75, 3.05) is 0 Å². The van der Waals surface area contributed by atoms with Gasteiger partial charge in [0.25, 0.3) is 0 Å². The summed E-state index contributed by atoms with van der Waals surface area (Å²) in [5.74, 6) is -0.204. The van der Waals surface area contributed by atoms with Gasteiger partial charge in [0.2, 0.25) is 0 Å². The van der Waals surface area contributed by atoms with Crippen molar-refractivity contribution in [3.8, 4) is 5.75 Å². The quantitative estimate of drug-likeness (QED) is 0.190. The van der Waals surface area contributed by atoms with Gasteiger partial charge in [-0.1, -0.05) is 78.9 Å². The molecule has 0 spiro atoms. The maximum Gasteiger partial charge on any atom is 0.418 e. The highest BCUT2D eigenvalue weighted by Gasteiger charge is 2.33. The second-order valence-electron chi connectivity index (χ2n) is 9.95. The molecule has 1 aromatic heterocycles. The Morgan fingerprint density at radius 1 is 0.780 bits per heavy atom. The summed E-state index contributed by atoms with van der Waals surface area (Å²) in [6.45, 7) is 0.302. The molecule has 41 heavy (non-hydrogen) atoms. The lowest BCUT2D eigenvalue weighted by molar-refractivity contribution is -0.137. The number of rotatable bonds is 10. The molecule has 4 aromatic carbocycles. The fourth-order valence-electron chi connectivity index (χ4n) is 4.97. The number of ether oxygens (including phenoxy) is 1. The van der Waals surface area contributed by atoms with E-state index in [-0.39, 0.29) is 11.9 Å². The van der Waals surface area contributed by atoms with Crippen LogP contribution in [0.4, 0.5) is 13.2 Å². The molecule has 0 atom stereocenters. The molecule has 0 bridgehead atoms. The molecule has 0 aliphatic carbocycles. The average Bonchev–Trinajstić information content (AvgIpc) is 2.96. The van der Waals surface area contributed by atoms with Crippen LogP contribution in [0.3, 0.4) is 0 Å². The molecule has 1 N–H and O–H groups in total. The fourth-order valence-corrected chi connectivity index (χ4v) is 4.97. The summed E-state index contributed by atoms with van der Waals surface area (Å²) in [6.07, 6.45) is -1.48. The fraction of sp³-hybridized carbons (Fsp3) is 0.176. The molecule has 5 rings (SSSR count). The van der Waals surface area contributed by atoms with Crippen LogP contribution >= 0.6 is 0 Å². The number of alkyl halides is 3. The number of para-hydroxylation sites is 1. The van der Waals surface area contributed by atoms with Gasteiger partial charge in [-0.05, 0) is 70.8 Å². The van der Waals surface area contributed by atoms with Crippen LogP contribution in [0.5, 0.6) is 5.75 Å². The van der Waals surface area contributed by atoms with Crippen molar-refractivity contribution in [3.05, 3.63) is 142 Å². The second kappa shape index (κ2) is 12.3. The monoisotopic (exact) mass is 555 g/mol. The summed E-state index contributed by atoms with van der Waals surface area (Å²) >= 11 is 0. The first-order valence-electron chi connectivity index (χ1n) is 13.3. The summed E-state index contributed by atoms with van der Waals surface area (Å²) in [5.41, 5.74) is 4.66. The largest absolute Gasteiger partial charge is 0.489 e. The minimum Gasteiger partial charge on any atom is -0.489 e. The van der Waals surface area contributed by atoms with Gasteiger partial charge >= 0.3 is 12.1 Å². The second-order valence-corrected chi connectivity index (χ2v) is 9.95. The highest BCUT2D eigenvalue weighted by atomic mass is 19.4. The maximum absolute atomic E-state index is 13.8. The maximum atomic E-state index is 13.8. The van der Waals surface area contributed by atoms with Gasteiger partial charge < -0.3 is 9.84 Å². The van der Waals surface area contributed by atoms with Crippen LogP contribution in [0.2, 0.25) is 0 Å². The molecule has 5 aromatic rings. The zero-order valence-corrected chi connectivity index (χ0v) is 22.2. The molecule has 0 saturated heterocycles. The Balaban J connectivity index is 1.43. The highest BCUT2D eigenvalue weighted by molar-refractivity contribution is 5.86. The number of aliphatic carboxylic acids is 1. The Labute approximate surface area is 236 Å². The van der Waals surface area contributed by atoms with E-state index in [0.717, 1.165) is 39.4 Å². The molecular weight excluding hydrogens is 527 g/mol. The Kier molecular flexibility index (Phi) is 8.34. The Morgan fingerprint density at radius 2 is 1.49 bits per heavy atom. The number of hydrogen-bond donors (Lipinski definition) is 1. The number of benzene rings is 4. The Bertz CT molecular complexity index is 1670. The molecular formula is C34H28F3NO3. The van der Waals surface area contributed by atoms with Gasteiger partial charge in [0.05, 0.1) is 11.1 Å². The Hall–Kier alpha value is -4.65. The third-order valence-electron chi connectivity index (χ3n) is 6.94. The third-order valence-corrected chi connectivity index (χ3v) is 6.94. The molecule has 7 heteroatoms. The smallest absolute Gasteiger partial charge is 0.418 e. The lowest BCUT2D eigenvalue weighted by Gasteiger charge is -2.17. The van der Waals surface area contributed by atoms with E-state index in [0.29, 0.717) is 37.0 Å². The number of halogens is 3. The highest BCUT2D eigenvalue weighted by Crippen LogP contribution is 2.36. The van der Waals surface area contributed by atoms with Crippen LogP contribution in [0.25, 0.3) is 10.9 Å². The standard InChI is InChI=1S/C34H28F3NO3/c35-34(36,37)31-14-6-13-29-30(27(21-38-33(29)31)18-23-7-2-1-3-8-23)20-25-10-5-12-28(19-25)41-22-26-11-4-9-24(17-26)15-16-32(39)40/h1-14,17,19,21H,15-16,18,20,22H2,(H,39,40). The van der Waals surface area contributed by atoms with Crippen molar-refractivity contribution < 1.29 is 27.8 Å². The molecule has 208 valence electrons. The van der Waals surface area contributed by atoms with Crippen LogP contribution in [0.1, 0.15) is 45.4 Å². The van der Waals surface area contributed by atoms with Gasteiger partial charge in [-0.25, -0.2) is 0 Å². The third kappa shape index (κ3) is 7.11. The first kappa shape index (κ1) is 27.9. The summed E-state index contributed by atoms with van der Waals surface area (Å²) in [6, 6.07) is 29.2. The number of hydrogen-bond acceptors (Lipinski definition) is 3. The topological polar surface area (TPSA) is 59.4 Å². The Morgan fingerprint density at radius 3 is 2.27 bits per heavy atom. The molecule has 0 fully saturated rings. The van der Waals surface area contributed by atoms with E-state index in [1.807, 2.05) is 78.9 Å². The number of carbonyl (C=O) groups is 1. The van der Waals surface area contributed by atoms with E-state index >= 15 is 0 Å². The summed E-state index contributed by atoms with van der Waals surface area (Å²) in [7, 11) is 0. The van der Waals surface area contributed by atoms with Crippen LogP contribution < -0.4 is 4.74 Å². The minimum atomic E-state index is -4.51. The molecule has 0 unspecified atom stereocenters. The average molecular weight is 556 g/mol. The van der Waals surface area contributed by atoms with Gasteiger partial charge in [-0.2, -0.15) is 13.2 Å². The van der Waals surface area contributed by atoms with Crippen molar-refractivity contribution in [1.29, 1.82) is 0 Å². The van der Waals surface area contributed by atoms with Gasteiger partial charge in [-0.3, -0.25) is 9.78 Å². The van der Waals surface area contributed by atoms with E-state index in [2.05, 4.69) is 4.98 Å². The van der Waals surface area contributed by atoms with Crippen LogP contribution in [-0.4, -0.2) is 16.1 Å². The number of fused-ring (bicyclic) bond motifs is 1. The van der Waals surface area contributed by atoms with Crippen molar-refractivity contribution in [2.24, 2.45) is 0 Å². The van der Waals surface area contributed by atoms with E-state index in [4.69, 9.17) is 9.84 Å². The molecule has 4 nitrogen and oxygen atoms in total. The molecule has 0 aliphatic rings. The van der Waals surface area contributed by atoms with Gasteiger partial charge in [0, 0.05) is 18.0 Å². The zero-order chi connectivity index (χ0) is 28.8. The first-order valence-corrected chi connectivity index (χ1v) is 13.3. The number of carboxylic acid groups (broad SMARTS) is 1. The van der Waals surface area contributed by atoms with Gasteiger partial charge in [0.15, 0.2) is 0 Å². The predicted octanol–water partition coefficient (Wildman–Crippen LogP) is 8.03. The van der Waals surface area contributed by atoms with Crippen molar-refractivity contribution in [1.82, 2.24) is 4.98 Å². The SMILES string of the molecule is O=C(O)CCc1cccc(COc2cccc(Cc3c(Cc4ccccc4)cnc4c(C(F)(F)F)cccc34)c2)c1. The number of carboxylic acids is 1. The van der Waals surface area contributed by atoms with E-state index in [1.54, 1.807) is 12.3 Å². The van der Waals surface area contributed by atoms with E-state index in [1.165, 1.54) is 6.07 Å². The first-order chi connectivity index (χ1) is 19.8. The van der Waals surface area contributed by atoms with E-state index in [9.17, 15) is 18.0 Å². The normalized spacial score (nSPS) is 11.5. The lowest BCUT2D eigenvalue weighted by Crippen LogP contribution is -2.08. The van der Waals surface area contributed by atoms with Crippen LogP contribution in [0.15, 0.2) is 103 Å². The van der Waals surface area contributed by atoms with Crippen LogP contribution in [-0.2, 0) is 36.8 Å².